The molecule has 0 aliphatic carbocycles. The molecule has 0 saturated heterocycles. The standard InChI is InChI=1S/C15H10N2O4/c1-21-15(20)9-2-4-10(5-3-9)17-13(18)11-6-7-16-8-12(11)14(17)19/h2-8H,1H3. The van der Waals surface area contributed by atoms with Crippen LogP contribution in [0.15, 0.2) is 42.7 Å². The average Bonchev–Trinajstić information content (AvgIpc) is 2.79. The van der Waals surface area contributed by atoms with E-state index in [1.54, 1.807) is 0 Å². The van der Waals surface area contributed by atoms with Crippen LogP contribution in [0.2, 0.25) is 0 Å². The average molecular weight is 282 g/mol. The monoisotopic (exact) mass is 282 g/mol. The summed E-state index contributed by atoms with van der Waals surface area (Å²) in [6.45, 7) is 0. The van der Waals surface area contributed by atoms with Gasteiger partial charge in [-0.25, -0.2) is 9.69 Å². The van der Waals surface area contributed by atoms with E-state index in [4.69, 9.17) is 0 Å². The first-order valence-corrected chi connectivity index (χ1v) is 6.14. The number of hydrogen-bond acceptors (Lipinski definition) is 5. The topological polar surface area (TPSA) is 76.6 Å². The number of rotatable bonds is 2. The van der Waals surface area contributed by atoms with Crippen molar-refractivity contribution in [3.8, 4) is 0 Å². The summed E-state index contributed by atoms with van der Waals surface area (Å²) in [5, 5.41) is 0. The summed E-state index contributed by atoms with van der Waals surface area (Å²) in [4.78, 5) is 40.8. The molecule has 1 aromatic carbocycles. The summed E-state index contributed by atoms with van der Waals surface area (Å²) in [6.07, 6.45) is 2.84. The van der Waals surface area contributed by atoms with Crippen LogP contribution < -0.4 is 4.90 Å². The van der Waals surface area contributed by atoms with Gasteiger partial charge >= 0.3 is 5.97 Å². The van der Waals surface area contributed by atoms with Crippen molar-refractivity contribution >= 4 is 23.5 Å². The van der Waals surface area contributed by atoms with Gasteiger partial charge in [0.25, 0.3) is 11.8 Å². The van der Waals surface area contributed by atoms with Crippen molar-refractivity contribution in [2.45, 2.75) is 0 Å². The third-order valence-electron chi connectivity index (χ3n) is 3.23. The van der Waals surface area contributed by atoms with Gasteiger partial charge in [-0.1, -0.05) is 0 Å². The van der Waals surface area contributed by atoms with Crippen LogP contribution in [-0.4, -0.2) is 29.9 Å². The van der Waals surface area contributed by atoms with E-state index in [1.165, 1.54) is 49.8 Å². The van der Waals surface area contributed by atoms with Crippen molar-refractivity contribution in [1.82, 2.24) is 4.98 Å². The van der Waals surface area contributed by atoms with Gasteiger partial charge in [0.1, 0.15) is 0 Å². The fourth-order valence-corrected chi connectivity index (χ4v) is 2.18. The third-order valence-corrected chi connectivity index (χ3v) is 3.23. The van der Waals surface area contributed by atoms with Crippen molar-refractivity contribution in [3.05, 3.63) is 59.4 Å². The first-order valence-electron chi connectivity index (χ1n) is 6.14. The van der Waals surface area contributed by atoms with Crippen molar-refractivity contribution in [1.29, 1.82) is 0 Å². The maximum atomic E-state index is 12.3. The van der Waals surface area contributed by atoms with Gasteiger partial charge in [0.05, 0.1) is 29.5 Å². The summed E-state index contributed by atoms with van der Waals surface area (Å²) in [7, 11) is 1.29. The molecular weight excluding hydrogens is 272 g/mol. The quantitative estimate of drug-likeness (QED) is 0.618. The van der Waals surface area contributed by atoms with Crippen LogP contribution >= 0.6 is 0 Å². The van der Waals surface area contributed by atoms with Crippen LogP contribution in [0.3, 0.4) is 0 Å². The zero-order valence-electron chi connectivity index (χ0n) is 11.1. The lowest BCUT2D eigenvalue weighted by atomic mass is 10.2. The number of aromatic nitrogens is 1. The minimum atomic E-state index is -0.479. The Labute approximate surface area is 120 Å². The van der Waals surface area contributed by atoms with Gasteiger partial charge in [-0.15, -0.1) is 0 Å². The Bertz CT molecular complexity index is 718. The van der Waals surface area contributed by atoms with Crippen LogP contribution in [0.4, 0.5) is 5.69 Å². The van der Waals surface area contributed by atoms with Crippen molar-refractivity contribution < 1.29 is 19.1 Å². The molecule has 1 aromatic heterocycles. The van der Waals surface area contributed by atoms with E-state index < -0.39 is 17.8 Å². The number of imide groups is 1. The summed E-state index contributed by atoms with van der Waals surface area (Å²) in [6, 6.07) is 7.58. The molecular formula is C15H10N2O4. The molecule has 6 heteroatoms. The number of ether oxygens (including phenoxy) is 1. The normalized spacial score (nSPS) is 13.3. The lowest BCUT2D eigenvalue weighted by Gasteiger charge is -2.13. The van der Waals surface area contributed by atoms with Gasteiger partial charge in [-0.2, -0.15) is 0 Å². The first-order chi connectivity index (χ1) is 10.1. The van der Waals surface area contributed by atoms with Crippen LogP contribution in [0, 0.1) is 0 Å². The number of anilines is 1. The Morgan fingerprint density at radius 2 is 1.71 bits per heavy atom. The fraction of sp³-hybridized carbons (Fsp3) is 0.0667. The SMILES string of the molecule is COC(=O)c1ccc(N2C(=O)c3ccncc3C2=O)cc1. The van der Waals surface area contributed by atoms with E-state index in [-0.39, 0.29) is 5.56 Å². The van der Waals surface area contributed by atoms with Crippen LogP contribution in [0.5, 0.6) is 0 Å². The number of methoxy groups -OCH3 is 1. The van der Waals surface area contributed by atoms with Crippen LogP contribution in [0.25, 0.3) is 0 Å². The Morgan fingerprint density at radius 1 is 1.05 bits per heavy atom. The van der Waals surface area contributed by atoms with Crippen molar-refractivity contribution in [2.24, 2.45) is 0 Å². The maximum absolute atomic E-state index is 12.3. The summed E-state index contributed by atoms with van der Waals surface area (Å²) in [5.41, 5.74) is 1.35. The van der Waals surface area contributed by atoms with Gasteiger partial charge in [-0.3, -0.25) is 14.6 Å². The predicted octanol–water partition coefficient (Wildman–Crippen LogP) is 1.67. The number of benzene rings is 1. The number of fused-ring (bicyclic) bond motifs is 1. The molecule has 3 rings (SSSR count). The van der Waals surface area contributed by atoms with E-state index in [1.807, 2.05) is 0 Å². The Kier molecular flexibility index (Phi) is 2.98. The van der Waals surface area contributed by atoms with E-state index >= 15 is 0 Å². The third kappa shape index (κ3) is 1.97. The fourth-order valence-electron chi connectivity index (χ4n) is 2.18. The molecule has 0 N–H and O–H groups in total. The van der Waals surface area contributed by atoms with E-state index in [0.29, 0.717) is 16.8 Å². The minimum absolute atomic E-state index is 0.277. The number of amides is 2. The van der Waals surface area contributed by atoms with E-state index in [9.17, 15) is 14.4 Å². The highest BCUT2D eigenvalue weighted by Gasteiger charge is 2.36. The number of carbonyl (C=O) groups is 3. The van der Waals surface area contributed by atoms with E-state index in [0.717, 1.165) is 4.90 Å². The highest BCUT2D eigenvalue weighted by atomic mass is 16.5. The largest absolute Gasteiger partial charge is 0.465 e. The van der Waals surface area contributed by atoms with Gasteiger partial charge in [0, 0.05) is 12.4 Å². The number of esters is 1. The molecule has 2 amide bonds. The summed E-state index contributed by atoms with van der Waals surface area (Å²) in [5.74, 6) is -1.30. The molecule has 2 aromatic rings. The lowest BCUT2D eigenvalue weighted by molar-refractivity contribution is 0.0600. The maximum Gasteiger partial charge on any atom is 0.337 e. The molecule has 0 radical (unpaired) electrons. The molecule has 0 fully saturated rings. The molecule has 1 aliphatic rings. The smallest absolute Gasteiger partial charge is 0.337 e. The lowest BCUT2D eigenvalue weighted by Crippen LogP contribution is -2.29. The molecule has 0 unspecified atom stereocenters. The highest BCUT2D eigenvalue weighted by Crippen LogP contribution is 2.27. The second-order valence-corrected chi connectivity index (χ2v) is 4.41. The zero-order valence-corrected chi connectivity index (χ0v) is 11.1. The molecule has 0 spiro atoms. The molecule has 1 aliphatic heterocycles. The van der Waals surface area contributed by atoms with Crippen LogP contribution in [-0.2, 0) is 4.74 Å². The Hall–Kier alpha value is -3.02. The molecule has 6 nitrogen and oxygen atoms in total. The molecule has 0 bridgehead atoms. The molecule has 0 saturated carbocycles. The number of pyridine rings is 1. The molecule has 0 atom stereocenters. The summed E-state index contributed by atoms with van der Waals surface area (Å²) >= 11 is 0. The Balaban J connectivity index is 1.97. The second kappa shape index (κ2) is 4.82. The van der Waals surface area contributed by atoms with Crippen LogP contribution in [0.1, 0.15) is 31.1 Å². The molecule has 104 valence electrons. The number of carbonyl (C=O) groups excluding carboxylic acids is 3. The molecule has 21 heavy (non-hydrogen) atoms. The van der Waals surface area contributed by atoms with Crippen molar-refractivity contribution in [3.63, 3.8) is 0 Å². The number of nitrogens with zero attached hydrogens (tertiary/aromatic N) is 2. The predicted molar refractivity (Wildman–Crippen MR) is 73.2 cm³/mol. The minimum Gasteiger partial charge on any atom is -0.465 e. The number of hydrogen-bond donors (Lipinski definition) is 0. The second-order valence-electron chi connectivity index (χ2n) is 4.41. The van der Waals surface area contributed by atoms with Gasteiger partial charge < -0.3 is 4.74 Å². The summed E-state index contributed by atoms with van der Waals surface area (Å²) < 4.78 is 4.60. The Morgan fingerprint density at radius 3 is 2.33 bits per heavy atom. The zero-order chi connectivity index (χ0) is 15.0. The first kappa shape index (κ1) is 13.0. The van der Waals surface area contributed by atoms with Crippen molar-refractivity contribution in [2.75, 3.05) is 12.0 Å². The van der Waals surface area contributed by atoms with Gasteiger partial charge in [-0.05, 0) is 30.3 Å². The van der Waals surface area contributed by atoms with E-state index in [2.05, 4.69) is 9.72 Å². The van der Waals surface area contributed by atoms with Gasteiger partial charge in [0.15, 0.2) is 0 Å². The molecule has 2 heterocycles. The highest BCUT2D eigenvalue weighted by molar-refractivity contribution is 6.34. The van der Waals surface area contributed by atoms with Gasteiger partial charge in [0.2, 0.25) is 0 Å².